The van der Waals surface area contributed by atoms with Crippen molar-refractivity contribution in [3.8, 4) is 0 Å². The average molecular weight is 162 g/mol. The number of rotatable bonds is 1. The quantitative estimate of drug-likeness (QED) is 0.424. The summed E-state index contributed by atoms with van der Waals surface area (Å²) < 4.78 is 0. The van der Waals surface area contributed by atoms with Gasteiger partial charge in [-0.05, 0) is 0 Å². The monoisotopic (exact) mass is 162 g/mol. The number of hydrogen-bond acceptors (Lipinski definition) is 1. The fourth-order valence-electron chi connectivity index (χ4n) is 1.96. The Labute approximate surface area is 88.1 Å². The molecule has 1 aliphatic rings. The first-order chi connectivity index (χ1) is 5.11. The SMILES string of the molecule is CC(C)[C@@H]1CC[C@@H](C)C[C-]1O.[Li+]. The topological polar surface area (TPSA) is 20.2 Å². The van der Waals surface area contributed by atoms with Gasteiger partial charge in [-0.3, -0.25) is 0 Å². The first-order valence-corrected chi connectivity index (χ1v) is 4.66. The molecule has 0 radical (unpaired) electrons. The summed E-state index contributed by atoms with van der Waals surface area (Å²) in [5, 5.41) is 9.63. The first kappa shape index (κ1) is 12.6. The summed E-state index contributed by atoms with van der Waals surface area (Å²) in [4.78, 5) is 0. The van der Waals surface area contributed by atoms with Crippen molar-refractivity contribution in [2.75, 3.05) is 0 Å². The van der Waals surface area contributed by atoms with Gasteiger partial charge in [0, 0.05) is 0 Å². The van der Waals surface area contributed by atoms with E-state index in [1.165, 1.54) is 12.8 Å². The Morgan fingerprint density at radius 1 is 1.33 bits per heavy atom. The maximum Gasteiger partial charge on any atom is 1.00 e. The van der Waals surface area contributed by atoms with Gasteiger partial charge in [0.05, 0.1) is 0 Å². The van der Waals surface area contributed by atoms with Crippen LogP contribution in [0.2, 0.25) is 0 Å². The van der Waals surface area contributed by atoms with Crippen molar-refractivity contribution in [3.63, 3.8) is 0 Å². The summed E-state index contributed by atoms with van der Waals surface area (Å²) in [5.41, 5.74) is 0. The summed E-state index contributed by atoms with van der Waals surface area (Å²) in [6.07, 6.45) is 4.15. The Morgan fingerprint density at radius 2 is 1.92 bits per heavy atom. The molecule has 0 amide bonds. The molecule has 12 heavy (non-hydrogen) atoms. The van der Waals surface area contributed by atoms with E-state index in [-0.39, 0.29) is 18.9 Å². The van der Waals surface area contributed by atoms with Gasteiger partial charge >= 0.3 is 18.9 Å². The molecular weight excluding hydrogens is 143 g/mol. The van der Waals surface area contributed by atoms with Crippen molar-refractivity contribution >= 4 is 0 Å². The molecule has 1 saturated carbocycles. The Hall–Kier alpha value is 0.557. The minimum absolute atomic E-state index is 0. The second-order valence-corrected chi connectivity index (χ2v) is 4.23. The number of aliphatic hydroxyl groups excluding tert-OH is 1. The molecular formula is C10H19LiO. The van der Waals surface area contributed by atoms with Crippen LogP contribution < -0.4 is 18.9 Å². The van der Waals surface area contributed by atoms with E-state index in [4.69, 9.17) is 0 Å². The third-order valence-electron chi connectivity index (χ3n) is 2.76. The third-order valence-corrected chi connectivity index (χ3v) is 2.76. The molecule has 0 heterocycles. The molecule has 2 heteroatoms. The fraction of sp³-hybridized carbons (Fsp3) is 0.900. The van der Waals surface area contributed by atoms with Crippen molar-refractivity contribution in [2.24, 2.45) is 17.8 Å². The van der Waals surface area contributed by atoms with Crippen molar-refractivity contribution in [1.29, 1.82) is 0 Å². The average Bonchev–Trinajstić information content (AvgIpc) is 1.85. The molecule has 0 unspecified atom stereocenters. The van der Waals surface area contributed by atoms with Gasteiger partial charge in [0.2, 0.25) is 0 Å². The van der Waals surface area contributed by atoms with E-state index in [9.17, 15) is 5.11 Å². The zero-order valence-electron chi connectivity index (χ0n) is 8.80. The van der Waals surface area contributed by atoms with E-state index in [1.54, 1.807) is 0 Å². The Kier molecular flexibility index (Phi) is 5.57. The van der Waals surface area contributed by atoms with Crippen LogP contribution in [0.15, 0.2) is 0 Å². The molecule has 66 valence electrons. The molecule has 1 rings (SSSR count). The van der Waals surface area contributed by atoms with Crippen LogP contribution in [0, 0.1) is 23.9 Å². The molecule has 0 spiro atoms. The number of hydrogen-bond donors (Lipinski definition) is 1. The maximum atomic E-state index is 9.63. The van der Waals surface area contributed by atoms with Crippen molar-refractivity contribution in [3.05, 3.63) is 6.10 Å². The molecule has 0 bridgehead atoms. The van der Waals surface area contributed by atoms with Gasteiger partial charge in [0.25, 0.3) is 0 Å². The van der Waals surface area contributed by atoms with Gasteiger partial charge in [-0.2, -0.15) is 12.5 Å². The van der Waals surface area contributed by atoms with Crippen LogP contribution in [0.5, 0.6) is 0 Å². The molecule has 1 fully saturated rings. The van der Waals surface area contributed by atoms with Crippen molar-refractivity contribution in [1.82, 2.24) is 0 Å². The van der Waals surface area contributed by atoms with Crippen LogP contribution in [-0.4, -0.2) is 5.11 Å². The van der Waals surface area contributed by atoms with Crippen LogP contribution in [0.25, 0.3) is 0 Å². The number of aliphatic hydroxyl groups is 1. The van der Waals surface area contributed by atoms with Gasteiger partial charge in [-0.15, -0.1) is 5.92 Å². The first-order valence-electron chi connectivity index (χ1n) is 4.66. The van der Waals surface area contributed by atoms with Crippen LogP contribution in [0.4, 0.5) is 0 Å². The second kappa shape index (κ2) is 5.32. The summed E-state index contributed by atoms with van der Waals surface area (Å²) in [7, 11) is 0. The van der Waals surface area contributed by atoms with Gasteiger partial charge < -0.3 is 5.11 Å². The standard InChI is InChI=1S/C10H19O.Li/c1-7(2)9-5-4-8(3)6-10(9)11;/h7-9,11H,4-6H2,1-3H3;/q-1;+1/t8-,9+;/m1./s1. The zero-order valence-corrected chi connectivity index (χ0v) is 8.80. The molecule has 1 aliphatic carbocycles. The molecule has 0 aliphatic heterocycles. The van der Waals surface area contributed by atoms with Gasteiger partial charge in [-0.1, -0.05) is 45.4 Å². The Balaban J connectivity index is 0.00000121. The van der Waals surface area contributed by atoms with Gasteiger partial charge in [-0.25, -0.2) is 0 Å². The molecule has 2 atom stereocenters. The molecule has 0 aromatic heterocycles. The van der Waals surface area contributed by atoms with Crippen LogP contribution in [-0.2, 0) is 0 Å². The van der Waals surface area contributed by atoms with E-state index < -0.39 is 0 Å². The predicted octanol–water partition coefficient (Wildman–Crippen LogP) is -0.0129. The maximum absolute atomic E-state index is 9.63. The Morgan fingerprint density at radius 3 is 2.33 bits per heavy atom. The summed E-state index contributed by atoms with van der Waals surface area (Å²) in [5.74, 6) is 1.79. The van der Waals surface area contributed by atoms with E-state index >= 15 is 0 Å². The summed E-state index contributed by atoms with van der Waals surface area (Å²) in [6.45, 7) is 6.60. The van der Waals surface area contributed by atoms with E-state index in [0.29, 0.717) is 17.8 Å². The van der Waals surface area contributed by atoms with Crippen LogP contribution >= 0.6 is 0 Å². The van der Waals surface area contributed by atoms with Gasteiger partial charge in [0.1, 0.15) is 0 Å². The molecule has 0 aromatic carbocycles. The largest absolute Gasteiger partial charge is 1.00 e. The van der Waals surface area contributed by atoms with Crippen molar-refractivity contribution < 1.29 is 24.0 Å². The molecule has 0 aromatic rings. The van der Waals surface area contributed by atoms with E-state index in [2.05, 4.69) is 20.8 Å². The second-order valence-electron chi connectivity index (χ2n) is 4.23. The molecule has 1 nitrogen and oxygen atoms in total. The Bertz CT molecular complexity index is 125. The van der Waals surface area contributed by atoms with E-state index in [1.807, 2.05) is 0 Å². The zero-order chi connectivity index (χ0) is 8.43. The van der Waals surface area contributed by atoms with Crippen molar-refractivity contribution in [2.45, 2.75) is 40.0 Å². The minimum atomic E-state index is 0. The summed E-state index contributed by atoms with van der Waals surface area (Å²) >= 11 is 0. The van der Waals surface area contributed by atoms with E-state index in [0.717, 1.165) is 12.5 Å². The third kappa shape index (κ3) is 3.13. The molecule has 1 N–H and O–H groups in total. The fourth-order valence-corrected chi connectivity index (χ4v) is 1.96. The van der Waals surface area contributed by atoms with Crippen LogP contribution in [0.3, 0.4) is 0 Å². The molecule has 0 saturated heterocycles. The smallest absolute Gasteiger partial charge is 0.563 e. The normalized spacial score (nSPS) is 31.8. The van der Waals surface area contributed by atoms with Crippen LogP contribution in [0.1, 0.15) is 40.0 Å². The summed E-state index contributed by atoms with van der Waals surface area (Å²) in [6, 6.07) is 0. The minimum Gasteiger partial charge on any atom is -0.563 e. The predicted molar refractivity (Wildman–Crippen MR) is 46.5 cm³/mol. The van der Waals surface area contributed by atoms with Gasteiger partial charge in [0.15, 0.2) is 0 Å².